The van der Waals surface area contributed by atoms with Gasteiger partial charge in [-0.25, -0.2) is 9.78 Å². The molecule has 3 rings (SSSR count). The summed E-state index contributed by atoms with van der Waals surface area (Å²) in [5.74, 6) is -0.310. The van der Waals surface area contributed by atoms with Gasteiger partial charge in [0.05, 0.1) is 5.69 Å². The van der Waals surface area contributed by atoms with E-state index in [1.54, 1.807) is 24.0 Å². The highest BCUT2D eigenvalue weighted by Gasteiger charge is 2.41. The number of aliphatic hydroxyl groups excluding tert-OH is 1. The molecule has 3 aromatic heterocycles. The molecule has 36 heavy (non-hydrogen) atoms. The van der Waals surface area contributed by atoms with Gasteiger partial charge in [0.2, 0.25) is 0 Å². The Morgan fingerprint density at radius 3 is 2.75 bits per heavy atom. The number of primary amides is 1. The number of carbonyl (C=O) groups excluding carboxylic acids is 2. The van der Waals surface area contributed by atoms with Gasteiger partial charge < -0.3 is 15.6 Å². The Morgan fingerprint density at radius 2 is 2.11 bits per heavy atom. The van der Waals surface area contributed by atoms with Crippen molar-refractivity contribution in [1.29, 1.82) is 0 Å². The maximum atomic E-state index is 12.6. The summed E-state index contributed by atoms with van der Waals surface area (Å²) in [6, 6.07) is 5.85. The molecule has 3 heterocycles. The molecule has 0 aliphatic rings. The zero-order chi connectivity index (χ0) is 26.1. The third kappa shape index (κ3) is 7.59. The molecule has 0 aliphatic carbocycles. The smallest absolute Gasteiger partial charge is 0.404 e. The van der Waals surface area contributed by atoms with Gasteiger partial charge in [0.25, 0.3) is 5.91 Å². The molecule has 2 amide bonds. The third-order valence-electron chi connectivity index (χ3n) is 6.29. The summed E-state index contributed by atoms with van der Waals surface area (Å²) in [4.78, 5) is 32.3. The Balaban J connectivity index is 1.57. The molecule has 11 heteroatoms. The van der Waals surface area contributed by atoms with Gasteiger partial charge >= 0.3 is 6.09 Å². The van der Waals surface area contributed by atoms with Gasteiger partial charge in [-0.3, -0.25) is 19.8 Å². The fourth-order valence-electron chi connectivity index (χ4n) is 4.19. The summed E-state index contributed by atoms with van der Waals surface area (Å²) < 4.78 is 7.19. The molecular weight excluding hydrogens is 480 g/mol. The number of pyridine rings is 1. The number of thiazole rings is 1. The lowest BCUT2D eigenvalue weighted by Gasteiger charge is -2.36. The average molecular weight is 515 g/mol. The second-order valence-electron chi connectivity index (χ2n) is 9.45. The first-order chi connectivity index (χ1) is 17.2. The van der Waals surface area contributed by atoms with Crippen LogP contribution in [0.5, 0.6) is 0 Å². The summed E-state index contributed by atoms with van der Waals surface area (Å²) in [6.45, 7) is 6.63. The van der Waals surface area contributed by atoms with Gasteiger partial charge in [-0.2, -0.15) is 5.10 Å². The van der Waals surface area contributed by atoms with E-state index in [1.807, 2.05) is 42.9 Å². The molecule has 0 fully saturated rings. The molecule has 3 atom stereocenters. The van der Waals surface area contributed by atoms with E-state index in [0.29, 0.717) is 17.5 Å². The van der Waals surface area contributed by atoms with Crippen LogP contribution < -0.4 is 11.1 Å². The number of rotatable bonds is 13. The number of amides is 2. The number of aromatic nitrogens is 4. The third-order valence-corrected chi connectivity index (χ3v) is 6.97. The molecular formula is C25H34N6O4S. The highest BCUT2D eigenvalue weighted by atomic mass is 32.1. The number of nitrogens with one attached hydrogen (secondary N) is 1. The van der Waals surface area contributed by atoms with E-state index >= 15 is 0 Å². The van der Waals surface area contributed by atoms with Crippen LogP contribution in [0.1, 0.15) is 46.5 Å². The Hall–Kier alpha value is -3.31. The summed E-state index contributed by atoms with van der Waals surface area (Å²) >= 11 is 1.23. The van der Waals surface area contributed by atoms with E-state index in [0.717, 1.165) is 37.1 Å². The second-order valence-corrected chi connectivity index (χ2v) is 10.3. The largest absolute Gasteiger partial charge is 0.442 e. The van der Waals surface area contributed by atoms with Crippen LogP contribution in [0.15, 0.2) is 48.4 Å². The minimum absolute atomic E-state index is 0.353. The van der Waals surface area contributed by atoms with Gasteiger partial charge in [0, 0.05) is 47.7 Å². The second kappa shape index (κ2) is 12.6. The van der Waals surface area contributed by atoms with Crippen molar-refractivity contribution in [1.82, 2.24) is 19.7 Å². The van der Waals surface area contributed by atoms with Gasteiger partial charge in [-0.1, -0.05) is 33.6 Å². The number of aliphatic hydroxyl groups is 1. The lowest BCUT2D eigenvalue weighted by Crippen LogP contribution is -2.49. The molecule has 0 radical (unpaired) electrons. The minimum Gasteiger partial charge on any atom is -0.442 e. The van der Waals surface area contributed by atoms with Crippen molar-refractivity contribution >= 4 is 28.5 Å². The van der Waals surface area contributed by atoms with Crippen molar-refractivity contribution in [3.05, 3.63) is 48.4 Å². The van der Waals surface area contributed by atoms with E-state index in [4.69, 9.17) is 10.5 Å². The first-order valence-corrected chi connectivity index (χ1v) is 12.9. The highest BCUT2D eigenvalue weighted by Crippen LogP contribution is 2.33. The molecule has 0 aliphatic heterocycles. The Labute approximate surface area is 214 Å². The Morgan fingerprint density at radius 1 is 1.31 bits per heavy atom. The number of anilines is 1. The predicted octanol–water partition coefficient (Wildman–Crippen LogP) is 4.09. The number of nitrogens with two attached hydrogens (primary N) is 1. The highest BCUT2D eigenvalue weighted by molar-refractivity contribution is 7.13. The van der Waals surface area contributed by atoms with Crippen molar-refractivity contribution in [2.75, 3.05) is 5.32 Å². The lowest BCUT2D eigenvalue weighted by molar-refractivity contribution is -0.135. The Kier molecular flexibility index (Phi) is 9.54. The van der Waals surface area contributed by atoms with E-state index in [1.165, 1.54) is 11.3 Å². The molecule has 3 aromatic rings. The van der Waals surface area contributed by atoms with Crippen molar-refractivity contribution in [2.24, 2.45) is 17.1 Å². The summed E-state index contributed by atoms with van der Waals surface area (Å²) in [5, 5.41) is 20.0. The average Bonchev–Trinajstić information content (AvgIpc) is 3.54. The monoisotopic (exact) mass is 514 g/mol. The topological polar surface area (TPSA) is 145 Å². The summed E-state index contributed by atoms with van der Waals surface area (Å²) in [5.41, 5.74) is 6.42. The lowest BCUT2D eigenvalue weighted by atomic mass is 9.78. The van der Waals surface area contributed by atoms with Crippen LogP contribution in [0.3, 0.4) is 0 Å². The number of carbonyl (C=O) groups is 2. The van der Waals surface area contributed by atoms with Gasteiger partial charge in [0.15, 0.2) is 11.2 Å². The SMILES string of the molecule is CC[C@@H](CCCC(C)(C)[C@H](OC(N)=O)[C@@H](O)C(=O)Nc1nccs1)Cn1ccc(-c2cccnc2)n1. The minimum atomic E-state index is -1.59. The molecule has 0 bridgehead atoms. The van der Waals surface area contributed by atoms with Crippen LogP contribution in [0.4, 0.5) is 9.93 Å². The van der Waals surface area contributed by atoms with Crippen LogP contribution in [0.25, 0.3) is 11.3 Å². The predicted molar refractivity (Wildman–Crippen MR) is 138 cm³/mol. The maximum Gasteiger partial charge on any atom is 0.404 e. The Bertz CT molecular complexity index is 1100. The van der Waals surface area contributed by atoms with Crippen molar-refractivity contribution in [2.45, 2.75) is 65.2 Å². The number of hydrogen-bond donors (Lipinski definition) is 3. The van der Waals surface area contributed by atoms with Gasteiger partial charge in [-0.15, -0.1) is 11.3 Å². The van der Waals surface area contributed by atoms with Crippen LogP contribution in [0.2, 0.25) is 0 Å². The fraction of sp³-hybridized carbons (Fsp3) is 0.480. The van der Waals surface area contributed by atoms with Crippen molar-refractivity contribution < 1.29 is 19.4 Å². The van der Waals surface area contributed by atoms with Gasteiger partial charge in [-0.05, 0) is 37.0 Å². The molecule has 0 saturated heterocycles. The van der Waals surface area contributed by atoms with Crippen LogP contribution in [0, 0.1) is 11.3 Å². The summed E-state index contributed by atoms with van der Waals surface area (Å²) in [7, 11) is 0. The van der Waals surface area contributed by atoms with Crippen molar-refractivity contribution in [3.8, 4) is 11.3 Å². The van der Waals surface area contributed by atoms with Gasteiger partial charge in [0.1, 0.15) is 6.10 Å². The molecule has 10 nitrogen and oxygen atoms in total. The normalized spacial score (nSPS) is 14.1. The quantitative estimate of drug-likeness (QED) is 0.311. The van der Waals surface area contributed by atoms with Crippen molar-refractivity contribution in [3.63, 3.8) is 0 Å². The first kappa shape index (κ1) is 27.3. The van der Waals surface area contributed by atoms with E-state index < -0.39 is 29.6 Å². The maximum absolute atomic E-state index is 12.6. The summed E-state index contributed by atoms with van der Waals surface area (Å²) in [6.07, 6.45) is 6.62. The molecule has 0 spiro atoms. The van der Waals surface area contributed by atoms with E-state index in [-0.39, 0.29) is 0 Å². The van der Waals surface area contributed by atoms with Crippen LogP contribution in [-0.4, -0.2) is 49.1 Å². The van der Waals surface area contributed by atoms with E-state index in [2.05, 4.69) is 27.3 Å². The molecule has 0 saturated carbocycles. The first-order valence-electron chi connectivity index (χ1n) is 12.0. The number of nitrogens with zero attached hydrogens (tertiary/aromatic N) is 4. The molecule has 194 valence electrons. The fourth-order valence-corrected chi connectivity index (χ4v) is 4.72. The molecule has 0 unspecified atom stereocenters. The number of ether oxygens (including phenoxy) is 1. The zero-order valence-electron chi connectivity index (χ0n) is 20.8. The number of hydrogen-bond acceptors (Lipinski definition) is 8. The van der Waals surface area contributed by atoms with Crippen LogP contribution >= 0.6 is 11.3 Å². The zero-order valence-corrected chi connectivity index (χ0v) is 21.6. The van der Waals surface area contributed by atoms with E-state index in [9.17, 15) is 14.7 Å². The van der Waals surface area contributed by atoms with Crippen LogP contribution in [-0.2, 0) is 16.1 Å². The molecule has 0 aromatic carbocycles. The molecule has 4 N–H and O–H groups in total. The standard InChI is InChI=1S/C25H34N6O4S/c1-4-17(16-31-13-9-19(30-31)18-8-6-11-27-15-18)7-5-10-25(2,3)21(35-23(26)34)20(32)22(33)29-24-28-12-14-36-24/h6,8-9,11-15,17,20-21,32H,4-5,7,10,16H2,1-3H3,(H2,26,34)(H,28,29,33)/t17-,20+,21+/m0/s1.